The van der Waals surface area contributed by atoms with Gasteiger partial charge in [0.1, 0.15) is 0 Å². The van der Waals surface area contributed by atoms with E-state index in [2.05, 4.69) is 12.1 Å². The van der Waals surface area contributed by atoms with Crippen LogP contribution >= 0.6 is 0 Å². The van der Waals surface area contributed by atoms with Crippen molar-refractivity contribution < 1.29 is 9.47 Å². The molecule has 3 rings (SSSR count). The Hall–Kier alpha value is -0.850. The Labute approximate surface area is 102 Å². The van der Waals surface area contributed by atoms with Crippen LogP contribution in [0.15, 0.2) is 11.6 Å². The number of rotatable bonds is 0. The quantitative estimate of drug-likeness (QED) is 0.604. The molecular weight excluding hydrogens is 214 g/mol. The third kappa shape index (κ3) is 2.00. The van der Waals surface area contributed by atoms with Crippen molar-refractivity contribution >= 4 is 0 Å². The van der Waals surface area contributed by atoms with Crippen LogP contribution in [-0.4, -0.2) is 19.0 Å². The van der Waals surface area contributed by atoms with E-state index in [1.807, 2.05) is 0 Å². The third-order valence-electron chi connectivity index (χ3n) is 4.34. The van der Waals surface area contributed by atoms with E-state index in [-0.39, 0.29) is 11.7 Å². The van der Waals surface area contributed by atoms with Crippen LogP contribution in [0.5, 0.6) is 0 Å². The number of ether oxygens (including phenoxy) is 2. The van der Waals surface area contributed by atoms with Gasteiger partial charge >= 0.3 is 0 Å². The minimum absolute atomic E-state index is 0.140. The molecule has 17 heavy (non-hydrogen) atoms. The molecule has 0 aromatic heterocycles. The van der Waals surface area contributed by atoms with E-state index in [4.69, 9.17) is 9.47 Å². The van der Waals surface area contributed by atoms with Crippen LogP contribution in [0.25, 0.3) is 0 Å². The first-order valence-corrected chi connectivity index (χ1v) is 6.70. The van der Waals surface area contributed by atoms with Gasteiger partial charge in [-0.05, 0) is 18.8 Å². The van der Waals surface area contributed by atoms with Crippen molar-refractivity contribution in [3.8, 4) is 6.07 Å². The van der Waals surface area contributed by atoms with E-state index in [0.717, 1.165) is 32.5 Å². The lowest BCUT2D eigenvalue weighted by atomic mass is 9.77. The Kier molecular flexibility index (Phi) is 2.94. The summed E-state index contributed by atoms with van der Waals surface area (Å²) in [5.41, 5.74) is 1.37. The standard InChI is InChI=1S/C14H19NO2/c15-10-12-4-2-1-3-11-9-14(6-5-13(11)12)16-7-8-17-14/h5,11-12H,1-4,6-9H2. The van der Waals surface area contributed by atoms with E-state index in [1.165, 1.54) is 24.8 Å². The first-order valence-electron chi connectivity index (χ1n) is 6.70. The average molecular weight is 233 g/mol. The van der Waals surface area contributed by atoms with E-state index in [0.29, 0.717) is 5.92 Å². The predicted octanol–water partition coefficient (Wildman–Crippen LogP) is 2.78. The molecule has 3 nitrogen and oxygen atoms in total. The first-order chi connectivity index (χ1) is 8.33. The minimum Gasteiger partial charge on any atom is -0.347 e. The normalized spacial score (nSPS) is 35.8. The maximum absolute atomic E-state index is 9.26. The molecule has 3 heteroatoms. The van der Waals surface area contributed by atoms with Crippen molar-refractivity contribution in [2.45, 2.75) is 44.3 Å². The van der Waals surface area contributed by atoms with E-state index in [1.54, 1.807) is 0 Å². The summed E-state index contributed by atoms with van der Waals surface area (Å²) >= 11 is 0. The topological polar surface area (TPSA) is 42.2 Å². The Bertz CT molecular complexity index is 363. The Balaban J connectivity index is 1.85. The van der Waals surface area contributed by atoms with Gasteiger partial charge in [0, 0.05) is 12.8 Å². The number of hydrogen-bond donors (Lipinski definition) is 0. The summed E-state index contributed by atoms with van der Waals surface area (Å²) in [6.07, 6.45) is 8.66. The summed E-state index contributed by atoms with van der Waals surface area (Å²) in [6.45, 7) is 1.44. The lowest BCUT2D eigenvalue weighted by Crippen LogP contribution is -2.36. The van der Waals surface area contributed by atoms with Crippen LogP contribution in [0.4, 0.5) is 0 Å². The largest absolute Gasteiger partial charge is 0.347 e. The van der Waals surface area contributed by atoms with Gasteiger partial charge in [-0.2, -0.15) is 5.26 Å². The number of fused-ring (bicyclic) bond motifs is 1. The van der Waals surface area contributed by atoms with Gasteiger partial charge in [0.05, 0.1) is 25.2 Å². The van der Waals surface area contributed by atoms with Gasteiger partial charge in [0.15, 0.2) is 5.79 Å². The molecule has 3 aliphatic rings. The highest BCUT2D eigenvalue weighted by Crippen LogP contribution is 2.45. The summed E-state index contributed by atoms with van der Waals surface area (Å²) in [5, 5.41) is 9.26. The fourth-order valence-corrected chi connectivity index (χ4v) is 3.49. The number of nitrogens with zero attached hydrogens (tertiary/aromatic N) is 1. The van der Waals surface area contributed by atoms with Crippen molar-refractivity contribution in [1.29, 1.82) is 5.26 Å². The summed E-state index contributed by atoms with van der Waals surface area (Å²) in [4.78, 5) is 0. The molecule has 0 aromatic rings. The van der Waals surface area contributed by atoms with Gasteiger partial charge in [-0.1, -0.05) is 24.5 Å². The van der Waals surface area contributed by atoms with Gasteiger partial charge in [-0.3, -0.25) is 0 Å². The first kappa shape index (κ1) is 11.3. The molecule has 0 bridgehead atoms. The van der Waals surface area contributed by atoms with Crippen molar-refractivity contribution in [3.63, 3.8) is 0 Å². The van der Waals surface area contributed by atoms with Crippen molar-refractivity contribution in [2.24, 2.45) is 11.8 Å². The van der Waals surface area contributed by atoms with Gasteiger partial charge < -0.3 is 9.47 Å². The maximum atomic E-state index is 9.26. The second-order valence-electron chi connectivity index (χ2n) is 5.38. The van der Waals surface area contributed by atoms with E-state index < -0.39 is 0 Å². The smallest absolute Gasteiger partial charge is 0.172 e. The maximum Gasteiger partial charge on any atom is 0.172 e. The highest BCUT2D eigenvalue weighted by molar-refractivity contribution is 5.22. The number of hydrogen-bond acceptors (Lipinski definition) is 3. The highest BCUT2D eigenvalue weighted by Gasteiger charge is 2.43. The molecular formula is C14H19NO2. The Morgan fingerprint density at radius 1 is 1.24 bits per heavy atom. The van der Waals surface area contributed by atoms with Crippen LogP contribution in [-0.2, 0) is 9.47 Å². The van der Waals surface area contributed by atoms with E-state index in [9.17, 15) is 5.26 Å². The summed E-state index contributed by atoms with van der Waals surface area (Å²) in [7, 11) is 0. The number of nitriles is 1. The SMILES string of the molecule is N#CC1CCCCC2CC3(CC=C12)OCCO3. The van der Waals surface area contributed by atoms with Crippen molar-refractivity contribution in [3.05, 3.63) is 11.6 Å². The fourth-order valence-electron chi connectivity index (χ4n) is 3.49. The molecule has 0 radical (unpaired) electrons. The molecule has 92 valence electrons. The monoisotopic (exact) mass is 233 g/mol. The van der Waals surface area contributed by atoms with Gasteiger partial charge in [-0.25, -0.2) is 0 Å². The van der Waals surface area contributed by atoms with Gasteiger partial charge in [-0.15, -0.1) is 0 Å². The predicted molar refractivity (Wildman–Crippen MR) is 63.0 cm³/mol. The van der Waals surface area contributed by atoms with Crippen LogP contribution in [0.2, 0.25) is 0 Å². The molecule has 0 N–H and O–H groups in total. The molecule has 1 saturated carbocycles. The highest BCUT2D eigenvalue weighted by atomic mass is 16.7. The lowest BCUT2D eigenvalue weighted by molar-refractivity contribution is -0.169. The minimum atomic E-state index is -0.349. The van der Waals surface area contributed by atoms with Crippen molar-refractivity contribution in [2.75, 3.05) is 13.2 Å². The molecule has 2 fully saturated rings. The van der Waals surface area contributed by atoms with E-state index >= 15 is 0 Å². The molecule has 2 unspecified atom stereocenters. The van der Waals surface area contributed by atoms with Gasteiger partial charge in [0.2, 0.25) is 0 Å². The van der Waals surface area contributed by atoms with Crippen molar-refractivity contribution in [1.82, 2.24) is 0 Å². The third-order valence-corrected chi connectivity index (χ3v) is 4.34. The molecule has 0 amide bonds. The molecule has 1 spiro atoms. The fraction of sp³-hybridized carbons (Fsp3) is 0.786. The van der Waals surface area contributed by atoms with Crippen LogP contribution < -0.4 is 0 Å². The zero-order valence-electron chi connectivity index (χ0n) is 10.2. The Morgan fingerprint density at radius 3 is 2.76 bits per heavy atom. The molecule has 2 aliphatic carbocycles. The lowest BCUT2D eigenvalue weighted by Gasteiger charge is -2.36. The summed E-state index contributed by atoms with van der Waals surface area (Å²) < 4.78 is 11.6. The van der Waals surface area contributed by atoms with Crippen LogP contribution in [0.3, 0.4) is 0 Å². The average Bonchev–Trinajstić information content (AvgIpc) is 2.69. The molecule has 1 heterocycles. The molecule has 1 aliphatic heterocycles. The Morgan fingerprint density at radius 2 is 2.00 bits per heavy atom. The molecule has 1 saturated heterocycles. The number of allylic oxidation sites excluding steroid dienone is 1. The second kappa shape index (κ2) is 4.44. The van der Waals surface area contributed by atoms with Crippen LogP contribution in [0.1, 0.15) is 38.5 Å². The second-order valence-corrected chi connectivity index (χ2v) is 5.38. The molecule has 0 aromatic carbocycles. The summed E-state index contributed by atoms with van der Waals surface area (Å²) in [5.74, 6) is 0.300. The van der Waals surface area contributed by atoms with Gasteiger partial charge in [0.25, 0.3) is 0 Å². The van der Waals surface area contributed by atoms with Crippen LogP contribution in [0, 0.1) is 23.2 Å². The zero-order valence-corrected chi connectivity index (χ0v) is 10.2. The summed E-state index contributed by atoms with van der Waals surface area (Å²) in [6, 6.07) is 2.47. The molecule has 2 atom stereocenters. The zero-order chi connectivity index (χ0) is 11.7.